The normalized spacial score (nSPS) is 15.2. The van der Waals surface area contributed by atoms with Crippen molar-refractivity contribution in [2.45, 2.75) is 32.4 Å². The van der Waals surface area contributed by atoms with Gasteiger partial charge >= 0.3 is 5.69 Å². The summed E-state index contributed by atoms with van der Waals surface area (Å²) in [5.41, 5.74) is 3.45. The Morgan fingerprint density at radius 1 is 1.13 bits per heavy atom. The third-order valence-electron chi connectivity index (χ3n) is 5.78. The highest BCUT2D eigenvalue weighted by Crippen LogP contribution is 2.30. The molecule has 7 heteroatoms. The minimum Gasteiger partial charge on any atom is -0.348 e. The molecule has 1 atom stereocenters. The summed E-state index contributed by atoms with van der Waals surface area (Å²) in [5, 5.41) is 4.84. The van der Waals surface area contributed by atoms with Crippen LogP contribution < -0.4 is 16.6 Å². The second kappa shape index (κ2) is 7.67. The van der Waals surface area contributed by atoms with Crippen LogP contribution in [0.4, 0.5) is 0 Å². The number of aryl methyl sites for hydroxylation is 2. The van der Waals surface area contributed by atoms with Gasteiger partial charge in [-0.1, -0.05) is 36.4 Å². The van der Waals surface area contributed by atoms with E-state index in [4.69, 9.17) is 0 Å². The molecule has 0 unspecified atom stereocenters. The molecule has 1 N–H and O–H groups in total. The van der Waals surface area contributed by atoms with Crippen molar-refractivity contribution in [2.24, 2.45) is 0 Å². The molecule has 0 spiro atoms. The smallest absolute Gasteiger partial charge is 0.336 e. The first-order valence-electron chi connectivity index (χ1n) is 10.2. The molecule has 156 valence electrons. The highest BCUT2D eigenvalue weighted by atomic mass is 32.1. The number of nitrogens with one attached hydrogen (secondary N) is 1. The molecule has 2 aromatic heterocycles. The predicted molar refractivity (Wildman–Crippen MR) is 122 cm³/mol. The van der Waals surface area contributed by atoms with E-state index in [2.05, 4.69) is 11.4 Å². The Kier molecular flexibility index (Phi) is 4.82. The third kappa shape index (κ3) is 3.41. The number of hydrogen-bond donors (Lipinski definition) is 1. The van der Waals surface area contributed by atoms with Gasteiger partial charge in [0.15, 0.2) is 0 Å². The lowest BCUT2D eigenvalue weighted by atomic mass is 10.1. The number of aromatic nitrogens is 2. The number of thiophene rings is 1. The maximum Gasteiger partial charge on any atom is 0.336 e. The van der Waals surface area contributed by atoms with Crippen molar-refractivity contribution in [3.8, 4) is 5.69 Å². The predicted octanol–water partition coefficient (Wildman–Crippen LogP) is 3.33. The maximum absolute atomic E-state index is 13.3. The topological polar surface area (TPSA) is 73.1 Å². The van der Waals surface area contributed by atoms with Crippen LogP contribution >= 0.6 is 11.3 Å². The quantitative estimate of drug-likeness (QED) is 0.539. The molecule has 1 aliphatic carbocycles. The molecule has 4 aromatic rings. The summed E-state index contributed by atoms with van der Waals surface area (Å²) < 4.78 is 3.01. The molecule has 0 fully saturated rings. The summed E-state index contributed by atoms with van der Waals surface area (Å²) in [6.45, 7) is 1.76. The van der Waals surface area contributed by atoms with Crippen molar-refractivity contribution in [2.75, 3.05) is 0 Å². The molecule has 31 heavy (non-hydrogen) atoms. The standard InChI is InChI=1S/C24H21N3O3S/c1-15-5-4-7-17(13-15)27-23(29)22-20(11-12-31-22)26(24(27)30)14-21(28)25-19-10-9-16-6-2-3-8-18(16)19/h2-8,11-13,19H,9-10,14H2,1H3,(H,25,28)/t19-/m0/s1. The number of nitrogens with zero attached hydrogens (tertiary/aromatic N) is 2. The van der Waals surface area contributed by atoms with Gasteiger partial charge in [0.05, 0.1) is 17.2 Å². The number of amides is 1. The fourth-order valence-electron chi connectivity index (χ4n) is 4.33. The highest BCUT2D eigenvalue weighted by Gasteiger charge is 2.24. The van der Waals surface area contributed by atoms with E-state index in [1.54, 1.807) is 23.6 Å². The zero-order chi connectivity index (χ0) is 21.5. The molecule has 1 amide bonds. The Morgan fingerprint density at radius 2 is 1.97 bits per heavy atom. The zero-order valence-corrected chi connectivity index (χ0v) is 17.8. The van der Waals surface area contributed by atoms with Gasteiger partial charge in [-0.3, -0.25) is 14.2 Å². The summed E-state index contributed by atoms with van der Waals surface area (Å²) in [4.78, 5) is 39.3. The molecule has 0 radical (unpaired) electrons. The van der Waals surface area contributed by atoms with E-state index in [0.29, 0.717) is 15.9 Å². The van der Waals surface area contributed by atoms with Gasteiger partial charge in [0, 0.05) is 0 Å². The SMILES string of the molecule is Cc1cccc(-n2c(=O)c3sccc3n(CC(=O)N[C@H]3CCc4ccccc43)c2=O)c1. The Hall–Kier alpha value is -3.45. The second-order valence-corrected chi connectivity index (χ2v) is 8.76. The van der Waals surface area contributed by atoms with Crippen LogP contribution in [0.3, 0.4) is 0 Å². The van der Waals surface area contributed by atoms with Crippen molar-refractivity contribution < 1.29 is 4.79 Å². The molecule has 0 aliphatic heterocycles. The molecular weight excluding hydrogens is 410 g/mol. The summed E-state index contributed by atoms with van der Waals surface area (Å²) in [7, 11) is 0. The van der Waals surface area contributed by atoms with Crippen LogP contribution in [0.5, 0.6) is 0 Å². The lowest BCUT2D eigenvalue weighted by Gasteiger charge is -2.16. The number of fused-ring (bicyclic) bond motifs is 2. The van der Waals surface area contributed by atoms with E-state index in [9.17, 15) is 14.4 Å². The molecule has 1 aliphatic rings. The van der Waals surface area contributed by atoms with Crippen LogP contribution in [0.2, 0.25) is 0 Å². The Bertz CT molecular complexity index is 1430. The van der Waals surface area contributed by atoms with Gasteiger partial charge in [-0.05, 0) is 60.0 Å². The Morgan fingerprint density at radius 3 is 2.81 bits per heavy atom. The molecule has 2 aromatic carbocycles. The number of hydrogen-bond acceptors (Lipinski definition) is 4. The van der Waals surface area contributed by atoms with Gasteiger partial charge in [0.2, 0.25) is 5.91 Å². The molecule has 6 nitrogen and oxygen atoms in total. The average molecular weight is 432 g/mol. The monoisotopic (exact) mass is 431 g/mol. The highest BCUT2D eigenvalue weighted by molar-refractivity contribution is 7.17. The zero-order valence-electron chi connectivity index (χ0n) is 17.0. The average Bonchev–Trinajstić information content (AvgIpc) is 3.39. The van der Waals surface area contributed by atoms with Crippen LogP contribution in [-0.4, -0.2) is 15.0 Å². The van der Waals surface area contributed by atoms with Gasteiger partial charge in [-0.15, -0.1) is 11.3 Å². The summed E-state index contributed by atoms with van der Waals surface area (Å²) in [6, 6.07) is 17.0. The van der Waals surface area contributed by atoms with Crippen LogP contribution in [0.1, 0.15) is 29.2 Å². The lowest BCUT2D eigenvalue weighted by molar-refractivity contribution is -0.122. The summed E-state index contributed by atoms with van der Waals surface area (Å²) >= 11 is 1.28. The van der Waals surface area contributed by atoms with Crippen molar-refractivity contribution >= 4 is 27.5 Å². The number of carbonyl (C=O) groups is 1. The first-order valence-corrected chi connectivity index (χ1v) is 11.1. The van der Waals surface area contributed by atoms with Crippen LogP contribution in [0.25, 0.3) is 15.9 Å². The molecule has 5 rings (SSSR count). The van der Waals surface area contributed by atoms with E-state index in [-0.39, 0.29) is 24.1 Å². The van der Waals surface area contributed by atoms with Gasteiger partial charge in [-0.25, -0.2) is 9.36 Å². The number of rotatable bonds is 4. The van der Waals surface area contributed by atoms with Gasteiger partial charge in [0.25, 0.3) is 5.56 Å². The first kappa shape index (κ1) is 19.5. The summed E-state index contributed by atoms with van der Waals surface area (Å²) in [5.74, 6) is -0.245. The minimum absolute atomic E-state index is 0.0555. The molecule has 0 saturated carbocycles. The minimum atomic E-state index is -0.511. The van der Waals surface area contributed by atoms with Crippen molar-refractivity contribution in [1.29, 1.82) is 0 Å². The van der Waals surface area contributed by atoms with Gasteiger partial charge in [0.1, 0.15) is 11.2 Å². The van der Waals surface area contributed by atoms with Crippen molar-refractivity contribution in [3.05, 3.63) is 97.5 Å². The third-order valence-corrected chi connectivity index (χ3v) is 6.68. The van der Waals surface area contributed by atoms with E-state index in [0.717, 1.165) is 28.5 Å². The molecule has 0 saturated heterocycles. The first-order chi connectivity index (χ1) is 15.0. The van der Waals surface area contributed by atoms with E-state index in [1.165, 1.54) is 21.5 Å². The van der Waals surface area contributed by atoms with Gasteiger partial charge in [-0.2, -0.15) is 0 Å². The van der Waals surface area contributed by atoms with Crippen LogP contribution in [0, 0.1) is 6.92 Å². The Labute approximate surface area is 182 Å². The van der Waals surface area contributed by atoms with Crippen LogP contribution in [-0.2, 0) is 17.8 Å². The molecule has 0 bridgehead atoms. The van der Waals surface area contributed by atoms with Crippen molar-refractivity contribution in [1.82, 2.24) is 14.5 Å². The fraction of sp³-hybridized carbons (Fsp3) is 0.208. The molecule has 2 heterocycles. The van der Waals surface area contributed by atoms with E-state index >= 15 is 0 Å². The van der Waals surface area contributed by atoms with Gasteiger partial charge < -0.3 is 5.32 Å². The lowest BCUT2D eigenvalue weighted by Crippen LogP contribution is -2.41. The maximum atomic E-state index is 13.3. The summed E-state index contributed by atoms with van der Waals surface area (Å²) in [6.07, 6.45) is 1.77. The van der Waals surface area contributed by atoms with E-state index in [1.807, 2.05) is 37.3 Å². The van der Waals surface area contributed by atoms with E-state index < -0.39 is 5.69 Å². The Balaban J connectivity index is 1.53. The number of benzene rings is 2. The fourth-order valence-corrected chi connectivity index (χ4v) is 5.15. The van der Waals surface area contributed by atoms with Crippen LogP contribution in [0.15, 0.2) is 69.6 Å². The number of carbonyl (C=O) groups excluding carboxylic acids is 1. The second-order valence-electron chi connectivity index (χ2n) is 7.84. The molecular formula is C24H21N3O3S. The van der Waals surface area contributed by atoms with Crippen molar-refractivity contribution in [3.63, 3.8) is 0 Å². The largest absolute Gasteiger partial charge is 0.348 e.